The average molecular weight is 394 g/mol. The van der Waals surface area contributed by atoms with Crippen molar-refractivity contribution in [2.24, 2.45) is 0 Å². The highest BCUT2D eigenvalue weighted by Crippen LogP contribution is 2.21. The molecule has 0 saturated carbocycles. The highest BCUT2D eigenvalue weighted by Gasteiger charge is 2.24. The smallest absolute Gasteiger partial charge is 0.270 e. The van der Waals surface area contributed by atoms with E-state index in [1.165, 1.54) is 18.2 Å². The predicted octanol–water partition coefficient (Wildman–Crippen LogP) is 2.31. The van der Waals surface area contributed by atoms with Crippen molar-refractivity contribution in [2.75, 3.05) is 31.1 Å². The van der Waals surface area contributed by atoms with Gasteiger partial charge in [-0.15, -0.1) is 0 Å². The summed E-state index contributed by atoms with van der Waals surface area (Å²) in [6, 6.07) is 9.58. The standard InChI is InChI=1S/C19H18N6O4/c1-13-21-18(22-29-13)15-5-6-17(20-12-15)23-7-9-24(10-8-23)19(26)14-3-2-4-16(11-14)25(27)28/h2-6,11-12H,7-10H2,1H3. The molecule has 2 aromatic heterocycles. The fourth-order valence-corrected chi connectivity index (χ4v) is 3.20. The number of rotatable bonds is 4. The SMILES string of the molecule is Cc1nc(-c2ccc(N3CCN(C(=O)c4cccc([N+](=O)[O-])c4)CC3)nc2)no1. The molecular formula is C19H18N6O4. The van der Waals surface area contributed by atoms with E-state index in [4.69, 9.17) is 4.52 Å². The van der Waals surface area contributed by atoms with Crippen LogP contribution in [0, 0.1) is 17.0 Å². The van der Waals surface area contributed by atoms with Crippen LogP contribution >= 0.6 is 0 Å². The molecule has 1 aliphatic heterocycles. The fraction of sp³-hybridized carbons (Fsp3) is 0.263. The molecule has 1 fully saturated rings. The monoisotopic (exact) mass is 394 g/mol. The van der Waals surface area contributed by atoms with Gasteiger partial charge in [-0.3, -0.25) is 14.9 Å². The number of piperazine rings is 1. The lowest BCUT2D eigenvalue weighted by Crippen LogP contribution is -2.49. The van der Waals surface area contributed by atoms with Crippen molar-refractivity contribution in [1.29, 1.82) is 0 Å². The number of non-ortho nitro benzene ring substituents is 1. The molecule has 0 atom stereocenters. The summed E-state index contributed by atoms with van der Waals surface area (Å²) in [7, 11) is 0. The van der Waals surface area contributed by atoms with E-state index in [1.807, 2.05) is 12.1 Å². The molecule has 1 aromatic carbocycles. The molecule has 0 unspecified atom stereocenters. The molecule has 10 heteroatoms. The van der Waals surface area contributed by atoms with E-state index in [0.29, 0.717) is 43.5 Å². The van der Waals surface area contributed by atoms with Gasteiger partial charge in [0.15, 0.2) is 0 Å². The Morgan fingerprint density at radius 3 is 2.59 bits per heavy atom. The number of hydrogen-bond acceptors (Lipinski definition) is 8. The lowest BCUT2D eigenvalue weighted by molar-refractivity contribution is -0.384. The van der Waals surface area contributed by atoms with Crippen LogP contribution in [0.25, 0.3) is 11.4 Å². The molecule has 10 nitrogen and oxygen atoms in total. The van der Waals surface area contributed by atoms with Gasteiger partial charge >= 0.3 is 0 Å². The lowest BCUT2D eigenvalue weighted by Gasteiger charge is -2.35. The van der Waals surface area contributed by atoms with Crippen molar-refractivity contribution in [3.05, 3.63) is 64.2 Å². The summed E-state index contributed by atoms with van der Waals surface area (Å²) in [5.74, 6) is 1.59. The van der Waals surface area contributed by atoms with Gasteiger partial charge in [-0.1, -0.05) is 11.2 Å². The van der Waals surface area contributed by atoms with Crippen LogP contribution in [-0.4, -0.2) is 57.0 Å². The molecule has 148 valence electrons. The van der Waals surface area contributed by atoms with Crippen LogP contribution in [0.3, 0.4) is 0 Å². The first kappa shape index (κ1) is 18.5. The Hall–Kier alpha value is -3.82. The molecule has 0 aliphatic carbocycles. The summed E-state index contributed by atoms with van der Waals surface area (Å²) in [4.78, 5) is 35.5. The number of aryl methyl sites for hydroxylation is 1. The van der Waals surface area contributed by atoms with Crippen LogP contribution in [0.5, 0.6) is 0 Å². The maximum atomic E-state index is 12.7. The van der Waals surface area contributed by atoms with Crippen molar-refractivity contribution >= 4 is 17.4 Å². The zero-order chi connectivity index (χ0) is 20.4. The Kier molecular flexibility index (Phi) is 4.90. The van der Waals surface area contributed by atoms with E-state index < -0.39 is 4.92 Å². The van der Waals surface area contributed by atoms with E-state index >= 15 is 0 Å². The first-order chi connectivity index (χ1) is 14.0. The zero-order valence-corrected chi connectivity index (χ0v) is 15.7. The Balaban J connectivity index is 1.39. The first-order valence-electron chi connectivity index (χ1n) is 9.07. The molecule has 4 rings (SSSR count). The van der Waals surface area contributed by atoms with Crippen LogP contribution < -0.4 is 4.90 Å². The fourth-order valence-electron chi connectivity index (χ4n) is 3.20. The number of benzene rings is 1. The van der Waals surface area contributed by atoms with Gasteiger partial charge < -0.3 is 14.3 Å². The van der Waals surface area contributed by atoms with Crippen molar-refractivity contribution in [2.45, 2.75) is 6.92 Å². The van der Waals surface area contributed by atoms with Crippen molar-refractivity contribution < 1.29 is 14.2 Å². The van der Waals surface area contributed by atoms with Crippen molar-refractivity contribution in [3.63, 3.8) is 0 Å². The largest absolute Gasteiger partial charge is 0.353 e. The number of anilines is 1. The molecule has 3 aromatic rings. The number of carbonyl (C=O) groups excluding carboxylic acids is 1. The second kappa shape index (κ2) is 7.66. The number of nitrogens with zero attached hydrogens (tertiary/aromatic N) is 6. The second-order valence-corrected chi connectivity index (χ2v) is 6.63. The molecule has 0 spiro atoms. The Labute approximate surface area is 165 Å². The number of nitro groups is 1. The molecule has 29 heavy (non-hydrogen) atoms. The third-order valence-electron chi connectivity index (χ3n) is 4.73. The molecule has 1 amide bonds. The number of pyridine rings is 1. The first-order valence-corrected chi connectivity index (χ1v) is 9.07. The molecule has 0 bridgehead atoms. The van der Waals surface area contributed by atoms with Gasteiger partial charge in [0, 0.05) is 62.6 Å². The highest BCUT2D eigenvalue weighted by molar-refractivity contribution is 5.95. The van der Waals surface area contributed by atoms with E-state index in [-0.39, 0.29) is 11.6 Å². The third-order valence-corrected chi connectivity index (χ3v) is 4.73. The van der Waals surface area contributed by atoms with Gasteiger partial charge in [0.1, 0.15) is 5.82 Å². The summed E-state index contributed by atoms with van der Waals surface area (Å²) >= 11 is 0. The van der Waals surface area contributed by atoms with Gasteiger partial charge in [0.25, 0.3) is 11.6 Å². The van der Waals surface area contributed by atoms with Crippen molar-refractivity contribution in [3.8, 4) is 11.4 Å². The number of hydrogen-bond donors (Lipinski definition) is 0. The van der Waals surface area contributed by atoms with Gasteiger partial charge in [0.2, 0.25) is 11.7 Å². The third kappa shape index (κ3) is 3.91. The van der Waals surface area contributed by atoms with E-state index in [1.54, 1.807) is 24.1 Å². The molecular weight excluding hydrogens is 376 g/mol. The van der Waals surface area contributed by atoms with Crippen LogP contribution in [0.4, 0.5) is 11.5 Å². The highest BCUT2D eigenvalue weighted by atomic mass is 16.6. The Bertz CT molecular complexity index is 1040. The lowest BCUT2D eigenvalue weighted by atomic mass is 10.1. The minimum absolute atomic E-state index is 0.0874. The second-order valence-electron chi connectivity index (χ2n) is 6.63. The van der Waals surface area contributed by atoms with E-state index in [9.17, 15) is 14.9 Å². The maximum Gasteiger partial charge on any atom is 0.270 e. The summed E-state index contributed by atoms with van der Waals surface area (Å²) < 4.78 is 4.98. The maximum absolute atomic E-state index is 12.7. The van der Waals surface area contributed by atoms with Crippen LogP contribution in [0.15, 0.2) is 47.1 Å². The van der Waals surface area contributed by atoms with E-state index in [0.717, 1.165) is 11.4 Å². The van der Waals surface area contributed by atoms with E-state index in [2.05, 4.69) is 20.0 Å². The number of nitro benzene ring substituents is 1. The summed E-state index contributed by atoms with van der Waals surface area (Å²) in [6.45, 7) is 3.99. The molecule has 0 N–H and O–H groups in total. The summed E-state index contributed by atoms with van der Waals surface area (Å²) in [6.07, 6.45) is 1.69. The number of amides is 1. The van der Waals surface area contributed by atoms with Crippen LogP contribution in [-0.2, 0) is 0 Å². The quantitative estimate of drug-likeness (QED) is 0.488. The normalized spacial score (nSPS) is 14.1. The van der Waals surface area contributed by atoms with Gasteiger partial charge in [-0.05, 0) is 18.2 Å². The van der Waals surface area contributed by atoms with Crippen LogP contribution in [0.1, 0.15) is 16.2 Å². The molecule has 1 saturated heterocycles. The average Bonchev–Trinajstić information content (AvgIpc) is 3.20. The zero-order valence-electron chi connectivity index (χ0n) is 15.7. The van der Waals surface area contributed by atoms with Crippen molar-refractivity contribution in [1.82, 2.24) is 20.0 Å². The summed E-state index contributed by atoms with van der Waals surface area (Å²) in [5.41, 5.74) is 1.01. The molecule has 0 radical (unpaired) electrons. The molecule has 1 aliphatic rings. The summed E-state index contributed by atoms with van der Waals surface area (Å²) in [5, 5.41) is 14.8. The molecule has 3 heterocycles. The Morgan fingerprint density at radius 1 is 1.17 bits per heavy atom. The number of carbonyl (C=O) groups is 1. The van der Waals surface area contributed by atoms with Gasteiger partial charge in [-0.2, -0.15) is 4.98 Å². The topological polar surface area (TPSA) is 118 Å². The minimum Gasteiger partial charge on any atom is -0.353 e. The van der Waals surface area contributed by atoms with Gasteiger partial charge in [-0.25, -0.2) is 4.98 Å². The van der Waals surface area contributed by atoms with Gasteiger partial charge in [0.05, 0.1) is 4.92 Å². The Morgan fingerprint density at radius 2 is 1.97 bits per heavy atom. The minimum atomic E-state index is -0.500. The van der Waals surface area contributed by atoms with Crippen LogP contribution in [0.2, 0.25) is 0 Å². The number of aromatic nitrogens is 3. The predicted molar refractivity (Wildman–Crippen MR) is 103 cm³/mol.